The molecule has 1 unspecified atom stereocenters. The number of aliphatic hydroxyl groups is 1. The summed E-state index contributed by atoms with van der Waals surface area (Å²) in [7, 11) is 4.71. The van der Waals surface area contributed by atoms with Gasteiger partial charge in [-0.2, -0.15) is 0 Å². The molecule has 0 spiro atoms. The van der Waals surface area contributed by atoms with Gasteiger partial charge in [0.15, 0.2) is 11.5 Å². The molecule has 3 rings (SSSR count). The number of ether oxygens (including phenoxy) is 3. The molecule has 5 heteroatoms. The van der Waals surface area contributed by atoms with Crippen LogP contribution in [0.25, 0.3) is 0 Å². The lowest BCUT2D eigenvalue weighted by molar-refractivity contribution is -0.151. The highest BCUT2D eigenvalue weighted by atomic mass is 16.5. The number of fused-ring (bicyclic) bond motifs is 3. The average molecular weight is 389 g/mol. The van der Waals surface area contributed by atoms with Gasteiger partial charge in [0.2, 0.25) is 0 Å². The Kier molecular flexibility index (Phi) is 5.26. The molecule has 1 fully saturated rings. The van der Waals surface area contributed by atoms with E-state index in [1.165, 1.54) is 7.11 Å². The zero-order valence-electron chi connectivity index (χ0n) is 18.0. The van der Waals surface area contributed by atoms with E-state index in [4.69, 9.17) is 14.2 Å². The lowest BCUT2D eigenvalue weighted by Gasteiger charge is -2.50. The molecular weight excluding hydrogens is 356 g/mol. The number of hydrogen-bond donors (Lipinski definition) is 1. The van der Waals surface area contributed by atoms with Crippen molar-refractivity contribution < 1.29 is 24.1 Å². The van der Waals surface area contributed by atoms with Crippen LogP contribution in [0.15, 0.2) is 17.7 Å². The first-order valence-corrected chi connectivity index (χ1v) is 9.94. The summed E-state index contributed by atoms with van der Waals surface area (Å²) in [6.45, 7) is 8.25. The molecule has 2 aliphatic carbocycles. The fourth-order valence-electron chi connectivity index (χ4n) is 5.30. The summed E-state index contributed by atoms with van der Waals surface area (Å²) in [5, 5.41) is 11.1. The van der Waals surface area contributed by atoms with E-state index < -0.39 is 16.9 Å². The normalized spacial score (nSPS) is 28.9. The van der Waals surface area contributed by atoms with Gasteiger partial charge in [-0.3, -0.25) is 4.79 Å². The van der Waals surface area contributed by atoms with Crippen LogP contribution in [0.5, 0.6) is 11.5 Å². The third kappa shape index (κ3) is 2.74. The second-order valence-corrected chi connectivity index (χ2v) is 8.69. The maximum atomic E-state index is 12.7. The van der Waals surface area contributed by atoms with Crippen molar-refractivity contribution in [2.24, 2.45) is 5.41 Å². The Morgan fingerprint density at radius 1 is 1.14 bits per heavy atom. The molecule has 0 aromatic heterocycles. The van der Waals surface area contributed by atoms with Crippen LogP contribution in [0.1, 0.15) is 75.7 Å². The maximum Gasteiger partial charge on any atom is 0.315 e. The Morgan fingerprint density at radius 2 is 1.79 bits per heavy atom. The van der Waals surface area contributed by atoms with E-state index in [1.807, 2.05) is 19.1 Å². The molecule has 1 aromatic carbocycles. The lowest BCUT2D eigenvalue weighted by atomic mass is 9.54. The van der Waals surface area contributed by atoms with E-state index in [9.17, 15) is 9.90 Å². The van der Waals surface area contributed by atoms with Gasteiger partial charge in [0.1, 0.15) is 0 Å². The van der Waals surface area contributed by atoms with Gasteiger partial charge in [-0.15, -0.1) is 0 Å². The largest absolute Gasteiger partial charge is 0.493 e. The zero-order chi connectivity index (χ0) is 20.9. The fraction of sp³-hybridized carbons (Fsp3) is 0.609. The molecule has 5 nitrogen and oxygen atoms in total. The molecule has 3 atom stereocenters. The van der Waals surface area contributed by atoms with Gasteiger partial charge in [-0.25, -0.2) is 0 Å². The number of methoxy groups -OCH3 is 3. The average Bonchev–Trinajstić information content (AvgIpc) is 2.67. The molecule has 1 aromatic rings. The Hall–Kier alpha value is -2.01. The summed E-state index contributed by atoms with van der Waals surface area (Å²) in [5.41, 5.74) is 2.47. The fourth-order valence-corrected chi connectivity index (χ4v) is 5.30. The standard InChI is InChI=1S/C23H32O5/c1-13(2)14-11-15-16(24)12-17-22(3,18(15)20(27-6)19(14)26-5)9-8-10-23(17,4)21(25)28-7/h11-13,16,24H,8-10H2,1-7H3/t16?,22-,23+/m0/s1. The van der Waals surface area contributed by atoms with Gasteiger partial charge in [0, 0.05) is 16.5 Å². The van der Waals surface area contributed by atoms with Crippen molar-refractivity contribution in [1.29, 1.82) is 0 Å². The highest BCUT2D eigenvalue weighted by Crippen LogP contribution is 2.60. The van der Waals surface area contributed by atoms with Crippen molar-refractivity contribution in [2.45, 2.75) is 64.4 Å². The van der Waals surface area contributed by atoms with Gasteiger partial charge in [-0.05, 0) is 42.9 Å². The van der Waals surface area contributed by atoms with E-state index in [1.54, 1.807) is 14.2 Å². The number of aliphatic hydroxyl groups excluding tert-OH is 1. The number of benzene rings is 1. The van der Waals surface area contributed by atoms with Crippen LogP contribution in [0.3, 0.4) is 0 Å². The minimum Gasteiger partial charge on any atom is -0.493 e. The molecule has 28 heavy (non-hydrogen) atoms. The molecule has 1 N–H and O–H groups in total. The molecule has 2 aliphatic rings. The highest BCUT2D eigenvalue weighted by Gasteiger charge is 2.54. The van der Waals surface area contributed by atoms with Crippen LogP contribution in [0.4, 0.5) is 0 Å². The lowest BCUT2D eigenvalue weighted by Crippen LogP contribution is -2.46. The van der Waals surface area contributed by atoms with Gasteiger partial charge >= 0.3 is 5.97 Å². The Morgan fingerprint density at radius 3 is 2.32 bits per heavy atom. The van der Waals surface area contributed by atoms with Crippen molar-refractivity contribution in [1.82, 2.24) is 0 Å². The van der Waals surface area contributed by atoms with Crippen molar-refractivity contribution >= 4 is 5.97 Å². The molecule has 1 saturated carbocycles. The monoisotopic (exact) mass is 388 g/mol. The number of hydrogen-bond acceptors (Lipinski definition) is 5. The van der Waals surface area contributed by atoms with Gasteiger partial charge in [0.05, 0.1) is 32.8 Å². The molecular formula is C23H32O5. The minimum absolute atomic E-state index is 0.214. The van der Waals surface area contributed by atoms with Crippen LogP contribution in [0.2, 0.25) is 0 Å². The van der Waals surface area contributed by atoms with E-state index >= 15 is 0 Å². The third-order valence-corrected chi connectivity index (χ3v) is 6.70. The summed E-state index contributed by atoms with van der Waals surface area (Å²) >= 11 is 0. The second-order valence-electron chi connectivity index (χ2n) is 8.69. The number of rotatable bonds is 4. The topological polar surface area (TPSA) is 65.0 Å². The van der Waals surface area contributed by atoms with E-state index in [-0.39, 0.29) is 11.9 Å². The molecule has 0 amide bonds. The van der Waals surface area contributed by atoms with Crippen molar-refractivity contribution in [3.8, 4) is 11.5 Å². The van der Waals surface area contributed by atoms with Crippen molar-refractivity contribution in [3.05, 3.63) is 34.4 Å². The van der Waals surface area contributed by atoms with Gasteiger partial charge in [0.25, 0.3) is 0 Å². The SMILES string of the molecule is COC(=O)[C@]1(C)CCC[C@@]2(C)C1=CC(O)c1cc(C(C)C)c(OC)c(OC)c12. The van der Waals surface area contributed by atoms with Crippen LogP contribution in [-0.2, 0) is 14.9 Å². The first-order valence-electron chi connectivity index (χ1n) is 9.94. The molecule has 0 bridgehead atoms. The molecule has 0 saturated heterocycles. The summed E-state index contributed by atoms with van der Waals surface area (Å²) in [6, 6.07) is 2.04. The van der Waals surface area contributed by atoms with Crippen molar-refractivity contribution in [3.63, 3.8) is 0 Å². The third-order valence-electron chi connectivity index (χ3n) is 6.70. The van der Waals surface area contributed by atoms with Gasteiger partial charge < -0.3 is 19.3 Å². The van der Waals surface area contributed by atoms with Gasteiger partial charge in [-0.1, -0.05) is 33.3 Å². The van der Waals surface area contributed by atoms with Crippen LogP contribution in [-0.4, -0.2) is 32.4 Å². The van der Waals surface area contributed by atoms with E-state index in [2.05, 4.69) is 20.8 Å². The predicted octanol–water partition coefficient (Wildman–Crippen LogP) is 4.42. The van der Waals surface area contributed by atoms with Crippen LogP contribution >= 0.6 is 0 Å². The summed E-state index contributed by atoms with van der Waals surface area (Å²) in [4.78, 5) is 12.7. The number of esters is 1. The molecule has 154 valence electrons. The summed E-state index contributed by atoms with van der Waals surface area (Å²) < 4.78 is 16.8. The van der Waals surface area contributed by atoms with Crippen LogP contribution in [0, 0.1) is 5.41 Å². The summed E-state index contributed by atoms with van der Waals surface area (Å²) in [5.74, 6) is 1.32. The predicted molar refractivity (Wildman–Crippen MR) is 108 cm³/mol. The van der Waals surface area contributed by atoms with Crippen molar-refractivity contribution in [2.75, 3.05) is 21.3 Å². The Labute approximate surface area is 167 Å². The number of carbonyl (C=O) groups is 1. The van der Waals surface area contributed by atoms with Crippen LogP contribution < -0.4 is 9.47 Å². The second kappa shape index (κ2) is 7.11. The maximum absolute atomic E-state index is 12.7. The first kappa shape index (κ1) is 20.7. The Balaban J connectivity index is 2.34. The smallest absolute Gasteiger partial charge is 0.315 e. The molecule has 0 aliphatic heterocycles. The highest BCUT2D eigenvalue weighted by molar-refractivity contribution is 5.82. The quantitative estimate of drug-likeness (QED) is 0.611. The van der Waals surface area contributed by atoms with E-state index in [0.29, 0.717) is 17.9 Å². The molecule has 0 heterocycles. The number of carbonyl (C=O) groups excluding carboxylic acids is 1. The Bertz CT molecular complexity index is 825. The first-order chi connectivity index (χ1) is 13.2. The van der Waals surface area contributed by atoms with E-state index in [0.717, 1.165) is 35.1 Å². The zero-order valence-corrected chi connectivity index (χ0v) is 18.0. The summed E-state index contributed by atoms with van der Waals surface area (Å²) in [6.07, 6.45) is 3.50. The molecule has 0 radical (unpaired) electrons. The minimum atomic E-state index is -0.808.